The molecule has 1 aromatic carbocycles. The van der Waals surface area contributed by atoms with E-state index in [1.165, 1.54) is 0 Å². The Morgan fingerprint density at radius 2 is 2.15 bits per heavy atom. The highest BCUT2D eigenvalue weighted by Crippen LogP contribution is 2.20. The lowest BCUT2D eigenvalue weighted by Gasteiger charge is -2.27. The molecule has 1 aromatic rings. The summed E-state index contributed by atoms with van der Waals surface area (Å²) in [6.45, 7) is 0.379. The third kappa shape index (κ3) is 3.71. The van der Waals surface area contributed by atoms with E-state index in [1.807, 2.05) is 30.3 Å². The van der Waals surface area contributed by atoms with Crippen LogP contribution in [0.3, 0.4) is 0 Å². The van der Waals surface area contributed by atoms with Crippen LogP contribution in [0.4, 0.5) is 4.79 Å². The first-order valence-electron chi connectivity index (χ1n) is 6.50. The highest BCUT2D eigenvalue weighted by atomic mass is 16.5. The predicted octanol–water partition coefficient (Wildman–Crippen LogP) is 0.554. The summed E-state index contributed by atoms with van der Waals surface area (Å²) in [5, 5.41) is 14.4. The maximum Gasteiger partial charge on any atom is 0.407 e. The highest BCUT2D eigenvalue weighted by Gasteiger charge is 2.39. The molecule has 20 heavy (non-hydrogen) atoms. The van der Waals surface area contributed by atoms with E-state index in [0.717, 1.165) is 5.56 Å². The lowest BCUT2D eigenvalue weighted by atomic mass is 9.95. The zero-order valence-corrected chi connectivity index (χ0v) is 11.1. The second-order valence-corrected chi connectivity index (χ2v) is 4.89. The first-order chi connectivity index (χ1) is 9.63. The van der Waals surface area contributed by atoms with Crippen molar-refractivity contribution < 1.29 is 19.4 Å². The molecule has 0 spiro atoms. The summed E-state index contributed by atoms with van der Waals surface area (Å²) in [4.78, 5) is 23.1. The minimum absolute atomic E-state index is 0.103. The van der Waals surface area contributed by atoms with Crippen molar-refractivity contribution in [1.82, 2.24) is 10.6 Å². The fourth-order valence-electron chi connectivity index (χ4n) is 2.22. The SMILES string of the molecule is O=C1CC(CCO)(NC(=O)OCc2ccccc2)CN1. The Balaban J connectivity index is 1.87. The van der Waals surface area contributed by atoms with E-state index in [0.29, 0.717) is 13.0 Å². The Morgan fingerprint density at radius 1 is 1.40 bits per heavy atom. The third-order valence-corrected chi connectivity index (χ3v) is 3.29. The first-order valence-corrected chi connectivity index (χ1v) is 6.50. The third-order valence-electron chi connectivity index (χ3n) is 3.29. The number of hydrogen-bond donors (Lipinski definition) is 3. The van der Waals surface area contributed by atoms with Crippen molar-refractivity contribution in [3.63, 3.8) is 0 Å². The van der Waals surface area contributed by atoms with Gasteiger partial charge < -0.3 is 20.5 Å². The van der Waals surface area contributed by atoms with Crippen LogP contribution < -0.4 is 10.6 Å². The number of ether oxygens (including phenoxy) is 1. The number of aliphatic hydroxyl groups is 1. The van der Waals surface area contributed by atoms with Gasteiger partial charge in [-0.15, -0.1) is 0 Å². The number of carbonyl (C=O) groups is 2. The number of rotatable bonds is 5. The summed E-state index contributed by atoms with van der Waals surface area (Å²) in [5.41, 5.74) is 0.138. The van der Waals surface area contributed by atoms with Gasteiger partial charge in [0.05, 0.1) is 12.0 Å². The highest BCUT2D eigenvalue weighted by molar-refractivity contribution is 5.81. The van der Waals surface area contributed by atoms with Gasteiger partial charge in [-0.25, -0.2) is 4.79 Å². The van der Waals surface area contributed by atoms with Crippen LogP contribution in [0.2, 0.25) is 0 Å². The molecule has 6 nitrogen and oxygen atoms in total. The van der Waals surface area contributed by atoms with E-state index in [9.17, 15) is 9.59 Å². The van der Waals surface area contributed by atoms with Gasteiger partial charge in [-0.2, -0.15) is 0 Å². The number of nitrogens with one attached hydrogen (secondary N) is 2. The average Bonchev–Trinajstić information content (AvgIpc) is 2.79. The fraction of sp³-hybridized carbons (Fsp3) is 0.429. The molecule has 1 fully saturated rings. The molecule has 1 unspecified atom stereocenters. The minimum Gasteiger partial charge on any atom is -0.445 e. The van der Waals surface area contributed by atoms with Crippen LogP contribution in [-0.2, 0) is 16.1 Å². The van der Waals surface area contributed by atoms with E-state index < -0.39 is 11.6 Å². The van der Waals surface area contributed by atoms with Gasteiger partial charge in [-0.1, -0.05) is 30.3 Å². The van der Waals surface area contributed by atoms with Crippen molar-refractivity contribution in [2.75, 3.05) is 13.2 Å². The number of benzene rings is 1. The Morgan fingerprint density at radius 3 is 2.75 bits per heavy atom. The number of aliphatic hydroxyl groups excluding tert-OH is 1. The van der Waals surface area contributed by atoms with Crippen molar-refractivity contribution in [2.24, 2.45) is 0 Å². The number of alkyl carbamates (subject to hydrolysis) is 1. The maximum absolute atomic E-state index is 11.8. The van der Waals surface area contributed by atoms with Gasteiger partial charge >= 0.3 is 6.09 Å². The summed E-state index contributed by atoms with van der Waals surface area (Å²) in [7, 11) is 0. The lowest BCUT2D eigenvalue weighted by molar-refractivity contribution is -0.119. The van der Waals surface area contributed by atoms with Gasteiger partial charge in [0.2, 0.25) is 5.91 Å². The van der Waals surface area contributed by atoms with Crippen LogP contribution in [-0.4, -0.2) is 35.8 Å². The van der Waals surface area contributed by atoms with Crippen LogP contribution >= 0.6 is 0 Å². The second kappa shape index (κ2) is 6.38. The van der Waals surface area contributed by atoms with Gasteiger partial charge in [0.15, 0.2) is 0 Å². The summed E-state index contributed by atoms with van der Waals surface area (Å²) in [6, 6.07) is 9.33. The molecule has 1 saturated heterocycles. The van der Waals surface area contributed by atoms with Gasteiger partial charge in [-0.05, 0) is 12.0 Å². The van der Waals surface area contributed by atoms with E-state index >= 15 is 0 Å². The largest absolute Gasteiger partial charge is 0.445 e. The van der Waals surface area contributed by atoms with Crippen LogP contribution in [0.5, 0.6) is 0 Å². The van der Waals surface area contributed by atoms with E-state index in [-0.39, 0.29) is 25.5 Å². The molecule has 2 rings (SSSR count). The summed E-state index contributed by atoms with van der Waals surface area (Å²) in [5.74, 6) is -0.137. The Kier molecular flexibility index (Phi) is 4.57. The first kappa shape index (κ1) is 14.3. The van der Waals surface area contributed by atoms with Gasteiger partial charge in [0, 0.05) is 13.2 Å². The summed E-state index contributed by atoms with van der Waals surface area (Å²) in [6.07, 6.45) is -0.112. The average molecular weight is 278 g/mol. The quantitative estimate of drug-likeness (QED) is 0.734. The molecule has 2 amide bonds. The number of hydrogen-bond acceptors (Lipinski definition) is 4. The Labute approximate surface area is 117 Å². The number of carbonyl (C=O) groups excluding carboxylic acids is 2. The van der Waals surface area contributed by atoms with Crippen molar-refractivity contribution in [1.29, 1.82) is 0 Å². The standard InChI is InChI=1S/C14H18N2O4/c17-7-6-14(8-12(18)15-10-14)16-13(19)20-9-11-4-2-1-3-5-11/h1-5,17H,6-10H2,(H,15,18)(H,16,19). The molecular formula is C14H18N2O4. The predicted molar refractivity (Wildman–Crippen MR) is 71.8 cm³/mol. The molecule has 6 heteroatoms. The zero-order valence-electron chi connectivity index (χ0n) is 11.1. The molecule has 1 heterocycles. The smallest absolute Gasteiger partial charge is 0.407 e. The van der Waals surface area contributed by atoms with E-state index in [4.69, 9.17) is 9.84 Å². The van der Waals surface area contributed by atoms with Crippen LogP contribution in [0, 0.1) is 0 Å². The van der Waals surface area contributed by atoms with E-state index in [2.05, 4.69) is 10.6 Å². The Hall–Kier alpha value is -2.08. The lowest BCUT2D eigenvalue weighted by Crippen LogP contribution is -2.50. The molecular weight excluding hydrogens is 260 g/mol. The number of amides is 2. The van der Waals surface area contributed by atoms with Crippen LogP contribution in [0.1, 0.15) is 18.4 Å². The molecule has 0 aromatic heterocycles. The van der Waals surface area contributed by atoms with E-state index in [1.54, 1.807) is 0 Å². The van der Waals surface area contributed by atoms with Crippen molar-refractivity contribution in [3.8, 4) is 0 Å². The van der Waals surface area contributed by atoms with Crippen LogP contribution in [0.25, 0.3) is 0 Å². The molecule has 1 aliphatic rings. The van der Waals surface area contributed by atoms with Gasteiger partial charge in [0.25, 0.3) is 0 Å². The van der Waals surface area contributed by atoms with Crippen molar-refractivity contribution in [2.45, 2.75) is 25.0 Å². The molecule has 3 N–H and O–H groups in total. The summed E-state index contributed by atoms with van der Waals surface area (Å²) >= 11 is 0. The van der Waals surface area contributed by atoms with Crippen molar-refractivity contribution in [3.05, 3.63) is 35.9 Å². The summed E-state index contributed by atoms with van der Waals surface area (Å²) < 4.78 is 5.13. The molecule has 0 radical (unpaired) electrons. The topological polar surface area (TPSA) is 87.7 Å². The van der Waals surface area contributed by atoms with Gasteiger partial charge in [0.1, 0.15) is 6.61 Å². The maximum atomic E-state index is 11.8. The fourth-order valence-corrected chi connectivity index (χ4v) is 2.22. The second-order valence-electron chi connectivity index (χ2n) is 4.89. The molecule has 1 atom stereocenters. The minimum atomic E-state index is -0.750. The normalized spacial score (nSPS) is 21.4. The molecule has 0 saturated carbocycles. The Bertz CT molecular complexity index is 477. The molecule has 0 bridgehead atoms. The molecule has 108 valence electrons. The van der Waals surface area contributed by atoms with Crippen molar-refractivity contribution >= 4 is 12.0 Å². The molecule has 1 aliphatic heterocycles. The van der Waals surface area contributed by atoms with Gasteiger partial charge in [-0.3, -0.25) is 4.79 Å². The van der Waals surface area contributed by atoms with Crippen LogP contribution in [0.15, 0.2) is 30.3 Å². The molecule has 0 aliphatic carbocycles. The zero-order chi connectivity index (χ0) is 14.4. The monoisotopic (exact) mass is 278 g/mol.